The number of ketones is 1. The molecule has 2 N–H and O–H groups in total. The Kier molecular flexibility index (Phi) is 20.8. The van der Waals surface area contributed by atoms with E-state index in [4.69, 9.17) is 33.5 Å². The van der Waals surface area contributed by atoms with Crippen molar-refractivity contribution >= 4 is 31.4 Å². The van der Waals surface area contributed by atoms with Crippen molar-refractivity contribution in [2.45, 2.75) is 176 Å². The molecule has 1 aliphatic heterocycles. The van der Waals surface area contributed by atoms with Crippen LogP contribution in [0.3, 0.4) is 0 Å². The van der Waals surface area contributed by atoms with Crippen LogP contribution in [0.1, 0.15) is 157 Å². The van der Waals surface area contributed by atoms with E-state index in [2.05, 4.69) is 11.9 Å². The lowest BCUT2D eigenvalue weighted by atomic mass is 9.89. The number of alkyl halides is 2. The van der Waals surface area contributed by atoms with E-state index in [0.717, 1.165) is 37.9 Å². The van der Waals surface area contributed by atoms with E-state index in [0.29, 0.717) is 17.4 Å². The van der Waals surface area contributed by atoms with Crippen molar-refractivity contribution < 1.29 is 55.5 Å². The number of phosphoric acid groups is 1. The maximum Gasteiger partial charge on any atom is 0.477 e. The Bertz CT molecular complexity index is 1440. The van der Waals surface area contributed by atoms with Gasteiger partial charge in [-0.3, -0.25) is 28.0 Å². The summed E-state index contributed by atoms with van der Waals surface area (Å²) in [6.07, 6.45) is 7.20. The van der Waals surface area contributed by atoms with Crippen LogP contribution in [0.15, 0.2) is 17.1 Å². The van der Waals surface area contributed by atoms with Crippen LogP contribution < -0.4 is 11.4 Å². The molecule has 1 unspecified atom stereocenters. The fourth-order valence-electron chi connectivity index (χ4n) is 6.03. The number of anilines is 1. The second-order valence-corrected chi connectivity index (χ2v) is 18.6. The number of carbonyl (C=O) groups excluding carboxylic acids is 3. The quantitative estimate of drug-likeness (QED) is 0.0384. The number of aromatic nitrogens is 2. The van der Waals surface area contributed by atoms with Gasteiger partial charge in [-0.15, -0.1) is 0 Å². The number of hydrogen-bond acceptors (Lipinski definition) is 13. The highest BCUT2D eigenvalue weighted by Crippen LogP contribution is 2.52. The fourth-order valence-corrected chi connectivity index (χ4v) is 7.08. The summed E-state index contributed by atoms with van der Waals surface area (Å²) < 4.78 is 78.4. The zero-order valence-corrected chi connectivity index (χ0v) is 35.4. The molecule has 56 heavy (non-hydrogen) atoms. The van der Waals surface area contributed by atoms with Gasteiger partial charge in [0.1, 0.15) is 17.7 Å². The van der Waals surface area contributed by atoms with E-state index >= 15 is 8.78 Å². The highest BCUT2D eigenvalue weighted by atomic mass is 31.2. The van der Waals surface area contributed by atoms with Gasteiger partial charge in [0.2, 0.25) is 13.0 Å². The van der Waals surface area contributed by atoms with Gasteiger partial charge < -0.3 is 19.9 Å². The third kappa shape index (κ3) is 19.1. The molecule has 0 aromatic carbocycles. The summed E-state index contributed by atoms with van der Waals surface area (Å²) in [5, 5.41) is 0. The Morgan fingerprint density at radius 2 is 1.43 bits per heavy atom. The Morgan fingerprint density at radius 1 is 0.857 bits per heavy atom. The lowest BCUT2D eigenvalue weighted by Crippen LogP contribution is -2.44. The molecule has 0 saturated carbocycles. The second-order valence-electron chi connectivity index (χ2n) is 16.9. The van der Waals surface area contributed by atoms with E-state index in [1.807, 2.05) is 41.5 Å². The number of hydrogen-bond donors (Lipinski definition) is 1. The van der Waals surface area contributed by atoms with Gasteiger partial charge >= 0.3 is 31.4 Å². The Morgan fingerprint density at radius 3 is 1.98 bits per heavy atom. The molecule has 4 atom stereocenters. The van der Waals surface area contributed by atoms with Crippen LogP contribution in [0.2, 0.25) is 0 Å². The van der Waals surface area contributed by atoms with Crippen molar-refractivity contribution in [2.75, 3.05) is 25.7 Å². The number of unbranched alkanes of at least 4 members (excludes halogenated alkanes) is 11. The number of nitrogens with two attached hydrogens (primary N) is 1. The lowest BCUT2D eigenvalue weighted by Gasteiger charge is -2.25. The molecular weight excluding hydrogens is 755 g/mol. The molecule has 0 radical (unpaired) electrons. The zero-order valence-electron chi connectivity index (χ0n) is 34.5. The van der Waals surface area contributed by atoms with Crippen molar-refractivity contribution in [2.24, 2.45) is 10.8 Å². The molecule has 2 rings (SSSR count). The number of nitrogen functional groups attached to an aromatic ring is 1. The van der Waals surface area contributed by atoms with E-state index in [1.165, 1.54) is 38.5 Å². The molecule has 0 bridgehead atoms. The lowest BCUT2D eigenvalue weighted by molar-refractivity contribution is -0.176. The minimum absolute atomic E-state index is 0.00172. The summed E-state index contributed by atoms with van der Waals surface area (Å²) in [6.45, 7) is 11.0. The third-order valence-electron chi connectivity index (χ3n) is 8.81. The van der Waals surface area contributed by atoms with Gasteiger partial charge in [-0.1, -0.05) is 119 Å². The van der Waals surface area contributed by atoms with Crippen molar-refractivity contribution in [3.8, 4) is 0 Å². The van der Waals surface area contributed by atoms with Crippen molar-refractivity contribution in [1.82, 2.24) is 9.55 Å². The maximum absolute atomic E-state index is 16.1. The summed E-state index contributed by atoms with van der Waals surface area (Å²) >= 11 is 0. The van der Waals surface area contributed by atoms with Gasteiger partial charge in [-0.05, 0) is 23.3 Å². The third-order valence-corrected chi connectivity index (χ3v) is 10.2. The van der Waals surface area contributed by atoms with E-state index in [9.17, 15) is 23.7 Å². The number of nitrogens with zero attached hydrogens (tertiary/aromatic N) is 2. The first kappa shape index (κ1) is 49.4. The monoisotopic (exact) mass is 821 g/mol. The van der Waals surface area contributed by atoms with Gasteiger partial charge in [-0.25, -0.2) is 13.9 Å². The topological polar surface area (TPSA) is 185 Å². The molecule has 1 saturated heterocycles. The molecule has 1 fully saturated rings. The molecule has 1 aliphatic rings. The molecule has 14 nitrogen and oxygen atoms in total. The predicted octanol–water partition coefficient (Wildman–Crippen LogP) is 8.85. The number of esters is 2. The van der Waals surface area contributed by atoms with Crippen molar-refractivity contribution in [3.63, 3.8) is 0 Å². The highest BCUT2D eigenvalue weighted by molar-refractivity contribution is 7.48. The average molecular weight is 822 g/mol. The standard InChI is InChI=1S/C39H66F2N3O11P/c1-8-9-10-11-12-13-14-15-16-17-18-19-20-32(46)55-34-30(54-35(39(34,40)41)44-23-21-31(42)43-36(44)48)27-52-56(49,51-24-22-29(45)25-37(2,3)4)53-28-50-33(47)26-38(5,6)7/h21,23,30,34-35H,8-20,22,24-28H2,1-7H3,(H2,42,43,48)/t30-,34-,35-,56?/m1/s1. The van der Waals surface area contributed by atoms with Crippen molar-refractivity contribution in [3.05, 3.63) is 22.7 Å². The Balaban J connectivity index is 2.13. The normalized spacial score (nSPS) is 19.4. The number of carbonyl (C=O) groups is 3. The SMILES string of the molecule is CCCCCCCCCCCCCCC(=O)O[C@@H]1[C@@H](COP(=O)(OCCC(=O)CC(C)(C)C)OCOC(=O)CC(C)(C)C)O[C@@H](n2ccc(N)nc2=O)C1(F)F. The molecule has 17 heteroatoms. The minimum Gasteiger partial charge on any atom is -0.453 e. The summed E-state index contributed by atoms with van der Waals surface area (Å²) in [4.78, 5) is 53.8. The molecule has 0 aliphatic carbocycles. The second kappa shape index (κ2) is 23.6. The van der Waals surface area contributed by atoms with Crippen LogP contribution in [0, 0.1) is 10.8 Å². The van der Waals surface area contributed by atoms with E-state index in [-0.39, 0.29) is 42.7 Å². The molecule has 0 spiro atoms. The fraction of sp³-hybridized carbons (Fsp3) is 0.821. The number of phosphoric ester groups is 1. The summed E-state index contributed by atoms with van der Waals surface area (Å²) in [5.41, 5.74) is 3.66. The van der Waals surface area contributed by atoms with E-state index < -0.39 is 75.2 Å². The molecule has 322 valence electrons. The first-order valence-corrected chi connectivity index (χ1v) is 21.4. The number of rotatable bonds is 27. The maximum atomic E-state index is 16.1. The zero-order chi connectivity index (χ0) is 42.0. The van der Waals surface area contributed by atoms with Crippen LogP contribution in [0.5, 0.6) is 0 Å². The molecule has 0 amide bonds. The Hall–Kier alpha value is -2.78. The van der Waals surface area contributed by atoms with Crippen LogP contribution in [-0.2, 0) is 46.7 Å². The van der Waals surface area contributed by atoms with Gasteiger partial charge in [0.05, 0.1) is 19.6 Å². The molecule has 1 aromatic rings. The number of Topliss-reactive ketones (excluding diaryl/α,β-unsaturated/α-hetero) is 1. The summed E-state index contributed by atoms with van der Waals surface area (Å²) in [6, 6.07) is 1.12. The first-order valence-electron chi connectivity index (χ1n) is 19.9. The molecule has 1 aromatic heterocycles. The number of halogens is 2. The van der Waals surface area contributed by atoms with Gasteiger partial charge in [-0.2, -0.15) is 13.8 Å². The Labute approximate surface area is 330 Å². The number of ether oxygens (including phenoxy) is 3. The molecule has 2 heterocycles. The van der Waals surface area contributed by atoms with Gasteiger partial charge in [0.15, 0.2) is 6.10 Å². The minimum atomic E-state index is -4.73. The van der Waals surface area contributed by atoms with Crippen LogP contribution in [0.25, 0.3) is 0 Å². The van der Waals surface area contributed by atoms with E-state index in [1.54, 1.807) is 0 Å². The van der Waals surface area contributed by atoms with Gasteiger partial charge in [0.25, 0.3) is 0 Å². The summed E-state index contributed by atoms with van der Waals surface area (Å²) in [5.74, 6) is -6.01. The van der Waals surface area contributed by atoms with Gasteiger partial charge in [0, 0.05) is 25.5 Å². The first-order chi connectivity index (χ1) is 26.2. The van der Waals surface area contributed by atoms with Crippen LogP contribution >= 0.6 is 7.82 Å². The largest absolute Gasteiger partial charge is 0.477 e. The average Bonchev–Trinajstić information content (AvgIpc) is 3.31. The summed E-state index contributed by atoms with van der Waals surface area (Å²) in [7, 11) is -4.73. The van der Waals surface area contributed by atoms with Crippen molar-refractivity contribution in [1.29, 1.82) is 0 Å². The predicted molar refractivity (Wildman–Crippen MR) is 207 cm³/mol. The van der Waals surface area contributed by atoms with Crippen LogP contribution in [0.4, 0.5) is 14.6 Å². The highest BCUT2D eigenvalue weighted by Gasteiger charge is 2.63. The smallest absolute Gasteiger partial charge is 0.453 e. The molecular formula is C39H66F2N3O11P. The van der Waals surface area contributed by atoms with Crippen LogP contribution in [-0.4, -0.2) is 65.4 Å².